The highest BCUT2D eigenvalue weighted by molar-refractivity contribution is 5.70. The van der Waals surface area contributed by atoms with Crippen molar-refractivity contribution in [2.24, 2.45) is 0 Å². The zero-order chi connectivity index (χ0) is 26.6. The Hall–Kier alpha value is -3.27. The second-order valence-corrected chi connectivity index (χ2v) is 10.4. The average molecular weight is 500 g/mol. The monoisotopic (exact) mass is 499 g/mol. The lowest BCUT2D eigenvalue weighted by molar-refractivity contribution is -0.138. The third-order valence-corrected chi connectivity index (χ3v) is 7.18. The van der Waals surface area contributed by atoms with Gasteiger partial charge < -0.3 is 9.84 Å². The summed E-state index contributed by atoms with van der Waals surface area (Å²) in [6, 6.07) is 17.9. The number of hydrogen-bond donors (Lipinski definition) is 1. The fourth-order valence-corrected chi connectivity index (χ4v) is 5.65. The summed E-state index contributed by atoms with van der Waals surface area (Å²) in [5.74, 6) is 0.723. The van der Waals surface area contributed by atoms with Gasteiger partial charge in [-0.2, -0.15) is 5.26 Å². The Morgan fingerprint density at radius 1 is 1.11 bits per heavy atom. The molecule has 194 valence electrons. The zero-order valence-electron chi connectivity index (χ0n) is 22.3. The summed E-state index contributed by atoms with van der Waals surface area (Å²) >= 11 is 0. The zero-order valence-corrected chi connectivity index (χ0v) is 22.3. The third kappa shape index (κ3) is 6.01. The molecule has 0 spiro atoms. The highest BCUT2D eigenvalue weighted by Gasteiger charge is 2.38. The first-order valence-corrected chi connectivity index (χ1v) is 13.3. The van der Waals surface area contributed by atoms with Crippen molar-refractivity contribution >= 4 is 0 Å². The van der Waals surface area contributed by atoms with Gasteiger partial charge in [-0.15, -0.1) is 0 Å². The summed E-state index contributed by atoms with van der Waals surface area (Å²) in [7, 11) is 0. The van der Waals surface area contributed by atoms with Crippen LogP contribution in [0.25, 0.3) is 11.1 Å². The van der Waals surface area contributed by atoms with Crippen LogP contribution >= 0.6 is 0 Å². The maximum Gasteiger partial charge on any atom is 0.257 e. The molecule has 1 unspecified atom stereocenters. The van der Waals surface area contributed by atoms with Crippen LogP contribution in [0.15, 0.2) is 53.3 Å². The Morgan fingerprint density at radius 3 is 2.41 bits per heavy atom. The SMILES string of the molecule is CCCc1nc(CC)n(CC2(O)C[C@@H](C)O[C@@H](C)C2)c(=O)c1Cc1ccc(-c2ccccc2C#N)cc1. The molecule has 2 aromatic carbocycles. The predicted molar refractivity (Wildman–Crippen MR) is 145 cm³/mol. The van der Waals surface area contributed by atoms with Crippen molar-refractivity contribution in [3.05, 3.63) is 87.1 Å². The first kappa shape index (κ1) is 26.8. The summed E-state index contributed by atoms with van der Waals surface area (Å²) < 4.78 is 7.54. The molecular weight excluding hydrogens is 462 g/mol. The molecule has 37 heavy (non-hydrogen) atoms. The van der Waals surface area contributed by atoms with Gasteiger partial charge in [0, 0.05) is 31.2 Å². The van der Waals surface area contributed by atoms with Crippen LogP contribution in [0.1, 0.15) is 75.2 Å². The minimum absolute atomic E-state index is 0.0607. The van der Waals surface area contributed by atoms with E-state index >= 15 is 0 Å². The molecule has 1 fully saturated rings. The van der Waals surface area contributed by atoms with E-state index in [1.54, 1.807) is 4.57 Å². The van der Waals surface area contributed by atoms with E-state index in [1.807, 2.05) is 69.3 Å². The number of aryl methyl sites for hydroxylation is 2. The molecule has 3 atom stereocenters. The lowest BCUT2D eigenvalue weighted by atomic mass is 9.87. The van der Waals surface area contributed by atoms with Gasteiger partial charge in [0.15, 0.2) is 0 Å². The Bertz CT molecular complexity index is 1330. The molecule has 4 rings (SSSR count). The highest BCUT2D eigenvalue weighted by Crippen LogP contribution is 2.30. The number of aliphatic hydroxyl groups is 1. The third-order valence-electron chi connectivity index (χ3n) is 7.18. The molecule has 3 aromatic rings. The first-order valence-electron chi connectivity index (χ1n) is 13.3. The Balaban J connectivity index is 1.70. The van der Waals surface area contributed by atoms with Crippen LogP contribution in [0.3, 0.4) is 0 Å². The van der Waals surface area contributed by atoms with Crippen LogP contribution in [0.4, 0.5) is 0 Å². The number of hydrogen-bond acceptors (Lipinski definition) is 5. The van der Waals surface area contributed by atoms with Gasteiger partial charge in [-0.1, -0.05) is 62.7 Å². The van der Waals surface area contributed by atoms with E-state index < -0.39 is 5.60 Å². The van der Waals surface area contributed by atoms with E-state index in [0.717, 1.165) is 41.1 Å². The fourth-order valence-electron chi connectivity index (χ4n) is 5.65. The molecule has 0 radical (unpaired) electrons. The molecule has 1 saturated heterocycles. The van der Waals surface area contributed by atoms with Gasteiger partial charge in [-0.05, 0) is 43.0 Å². The number of aromatic nitrogens is 2. The maximum absolute atomic E-state index is 13.9. The second kappa shape index (κ2) is 11.4. The summed E-state index contributed by atoms with van der Waals surface area (Å²) in [4.78, 5) is 18.9. The van der Waals surface area contributed by atoms with Gasteiger partial charge in [0.1, 0.15) is 5.82 Å². The van der Waals surface area contributed by atoms with Crippen molar-refractivity contribution in [1.29, 1.82) is 5.26 Å². The maximum atomic E-state index is 13.9. The smallest absolute Gasteiger partial charge is 0.257 e. The van der Waals surface area contributed by atoms with Crippen molar-refractivity contribution in [3.63, 3.8) is 0 Å². The van der Waals surface area contributed by atoms with Gasteiger partial charge >= 0.3 is 0 Å². The van der Waals surface area contributed by atoms with Crippen LogP contribution in [0.2, 0.25) is 0 Å². The van der Waals surface area contributed by atoms with Gasteiger partial charge in [0.25, 0.3) is 5.56 Å². The van der Waals surface area contributed by atoms with E-state index in [0.29, 0.717) is 36.8 Å². The number of nitriles is 1. The van der Waals surface area contributed by atoms with E-state index in [4.69, 9.17) is 9.72 Å². The van der Waals surface area contributed by atoms with Crippen LogP contribution < -0.4 is 5.56 Å². The normalized spacial score (nSPS) is 21.5. The topological polar surface area (TPSA) is 88.1 Å². The lowest BCUT2D eigenvalue weighted by Crippen LogP contribution is -2.48. The number of benzene rings is 2. The van der Waals surface area contributed by atoms with Gasteiger partial charge in [-0.3, -0.25) is 9.36 Å². The summed E-state index contributed by atoms with van der Waals surface area (Å²) in [5, 5.41) is 20.9. The van der Waals surface area contributed by atoms with Gasteiger partial charge in [-0.25, -0.2) is 4.98 Å². The first-order chi connectivity index (χ1) is 17.8. The fraction of sp³-hybridized carbons (Fsp3) is 0.452. The molecule has 0 aliphatic carbocycles. The number of ether oxygens (including phenoxy) is 1. The van der Waals surface area contributed by atoms with Crippen LogP contribution in [-0.2, 0) is 30.5 Å². The quantitative estimate of drug-likeness (QED) is 0.460. The molecule has 6 nitrogen and oxygen atoms in total. The Labute approximate surface area is 219 Å². The molecule has 0 saturated carbocycles. The van der Waals surface area contributed by atoms with Gasteiger partial charge in [0.2, 0.25) is 0 Å². The van der Waals surface area contributed by atoms with Crippen molar-refractivity contribution in [3.8, 4) is 17.2 Å². The summed E-state index contributed by atoms with van der Waals surface area (Å²) in [5.41, 5.74) is 3.99. The number of rotatable bonds is 8. The largest absolute Gasteiger partial charge is 0.388 e. The minimum Gasteiger partial charge on any atom is -0.388 e. The lowest BCUT2D eigenvalue weighted by Gasteiger charge is -2.39. The standard InChI is InChI=1S/C31H37N3O3/c1-5-9-28-27(16-23-12-14-24(15-13-23)26-11-8-7-10-25(26)19-32)30(35)34(29(6-2)33-28)20-31(36)17-21(3)37-22(4)18-31/h7-8,10-15,21-22,36H,5-6,9,16-18,20H2,1-4H3/t21-,22+,31?. The summed E-state index contributed by atoms with van der Waals surface area (Å²) in [6.45, 7) is 8.26. The van der Waals surface area contributed by atoms with Crippen LogP contribution in [-0.4, -0.2) is 32.5 Å². The molecule has 0 amide bonds. The molecule has 1 N–H and O–H groups in total. The van der Waals surface area contributed by atoms with Crippen LogP contribution in [0, 0.1) is 11.3 Å². The molecule has 2 heterocycles. The van der Waals surface area contributed by atoms with E-state index in [2.05, 4.69) is 13.0 Å². The molecule has 6 heteroatoms. The molecule has 0 bridgehead atoms. The number of nitrogens with zero attached hydrogens (tertiary/aromatic N) is 3. The average Bonchev–Trinajstić information content (AvgIpc) is 2.87. The molecule has 1 aliphatic heterocycles. The van der Waals surface area contributed by atoms with Crippen molar-refractivity contribution < 1.29 is 9.84 Å². The molecule has 1 aromatic heterocycles. The minimum atomic E-state index is -1.01. The van der Waals surface area contributed by atoms with E-state index in [9.17, 15) is 15.2 Å². The van der Waals surface area contributed by atoms with Crippen molar-refractivity contribution in [1.82, 2.24) is 9.55 Å². The molecule has 1 aliphatic rings. The van der Waals surface area contributed by atoms with Crippen molar-refractivity contribution in [2.75, 3.05) is 0 Å². The second-order valence-electron chi connectivity index (χ2n) is 10.4. The van der Waals surface area contributed by atoms with E-state index in [-0.39, 0.29) is 24.3 Å². The Morgan fingerprint density at radius 2 is 1.78 bits per heavy atom. The predicted octanol–water partition coefficient (Wildman–Crippen LogP) is 5.21. The van der Waals surface area contributed by atoms with E-state index in [1.165, 1.54) is 0 Å². The Kier molecular flexibility index (Phi) is 8.26. The van der Waals surface area contributed by atoms with Gasteiger partial charge in [0.05, 0.1) is 41.7 Å². The van der Waals surface area contributed by atoms with Crippen molar-refractivity contribution in [2.45, 2.75) is 90.6 Å². The highest BCUT2D eigenvalue weighted by atomic mass is 16.5. The van der Waals surface area contributed by atoms with Crippen LogP contribution in [0.5, 0.6) is 0 Å². The molecular formula is C31H37N3O3. The summed E-state index contributed by atoms with van der Waals surface area (Å²) in [6.07, 6.45) is 3.58.